The molecule has 0 unspecified atom stereocenters. The van der Waals surface area contributed by atoms with E-state index in [4.69, 9.17) is 18.9 Å². The predicted octanol–water partition coefficient (Wildman–Crippen LogP) is 3.59. The van der Waals surface area contributed by atoms with Gasteiger partial charge in [-0.3, -0.25) is 0 Å². The molecule has 0 aromatic heterocycles. The van der Waals surface area contributed by atoms with Crippen LogP contribution in [0.15, 0.2) is 48.0 Å². The van der Waals surface area contributed by atoms with Crippen molar-refractivity contribution in [2.45, 2.75) is 19.6 Å². The molecule has 0 radical (unpaired) electrons. The lowest BCUT2D eigenvalue weighted by Gasteiger charge is -2.29. The van der Waals surface area contributed by atoms with Crippen LogP contribution in [0.3, 0.4) is 0 Å². The number of esters is 2. The average molecular weight is 368 g/mol. The Balaban J connectivity index is 2.05. The highest BCUT2D eigenvalue weighted by atomic mass is 16.7. The molecule has 0 bridgehead atoms. The van der Waals surface area contributed by atoms with E-state index in [0.717, 1.165) is 11.1 Å². The minimum absolute atomic E-state index is 0.151. The van der Waals surface area contributed by atoms with Crippen LogP contribution in [0.4, 0.5) is 0 Å². The van der Waals surface area contributed by atoms with Crippen LogP contribution in [0.2, 0.25) is 0 Å². The second-order valence-corrected chi connectivity index (χ2v) is 6.39. The van der Waals surface area contributed by atoms with Gasteiger partial charge in [0.05, 0.1) is 14.2 Å². The van der Waals surface area contributed by atoms with Crippen molar-refractivity contribution < 1.29 is 28.5 Å². The molecule has 1 aliphatic rings. The molecule has 0 atom stereocenters. The van der Waals surface area contributed by atoms with E-state index < -0.39 is 17.7 Å². The van der Waals surface area contributed by atoms with Gasteiger partial charge >= 0.3 is 11.9 Å². The molecule has 0 N–H and O–H groups in total. The fourth-order valence-corrected chi connectivity index (χ4v) is 2.82. The Morgan fingerprint density at radius 3 is 2.15 bits per heavy atom. The van der Waals surface area contributed by atoms with Gasteiger partial charge in [-0.25, -0.2) is 9.59 Å². The monoisotopic (exact) mass is 368 g/mol. The molecular formula is C21H20O6. The maximum Gasteiger partial charge on any atom is 0.348 e. The molecule has 0 aliphatic carbocycles. The fourth-order valence-electron chi connectivity index (χ4n) is 2.82. The maximum atomic E-state index is 12.2. The van der Waals surface area contributed by atoms with E-state index in [9.17, 15) is 9.59 Å². The number of carbonyl (C=O) groups excluding carboxylic acids is 2. The normalized spacial score (nSPS) is 15.6. The summed E-state index contributed by atoms with van der Waals surface area (Å²) in [5.41, 5.74) is 2.19. The summed E-state index contributed by atoms with van der Waals surface area (Å²) in [5, 5.41) is 0. The first-order valence-electron chi connectivity index (χ1n) is 8.34. The third-order valence-corrected chi connectivity index (χ3v) is 4.07. The summed E-state index contributed by atoms with van der Waals surface area (Å²) < 4.78 is 20.9. The number of hydrogen-bond acceptors (Lipinski definition) is 6. The first-order chi connectivity index (χ1) is 12.8. The summed E-state index contributed by atoms with van der Waals surface area (Å²) in [7, 11) is 3.13. The third kappa shape index (κ3) is 3.79. The van der Waals surface area contributed by atoms with Crippen LogP contribution in [0.25, 0.3) is 17.2 Å². The number of benzene rings is 2. The lowest BCUT2D eigenvalue weighted by atomic mass is 9.97. The van der Waals surface area contributed by atoms with Crippen molar-refractivity contribution in [3.63, 3.8) is 0 Å². The lowest BCUT2D eigenvalue weighted by molar-refractivity contribution is -0.222. The molecule has 1 heterocycles. The number of rotatable bonds is 4. The van der Waals surface area contributed by atoms with Gasteiger partial charge in [0.25, 0.3) is 5.79 Å². The van der Waals surface area contributed by atoms with E-state index in [2.05, 4.69) is 0 Å². The van der Waals surface area contributed by atoms with Crippen molar-refractivity contribution in [2.75, 3.05) is 14.2 Å². The minimum atomic E-state index is -1.27. The minimum Gasteiger partial charge on any atom is -0.493 e. The summed E-state index contributed by atoms with van der Waals surface area (Å²) in [5.74, 6) is -1.50. The second-order valence-electron chi connectivity index (χ2n) is 6.39. The zero-order valence-electron chi connectivity index (χ0n) is 15.6. The van der Waals surface area contributed by atoms with Crippen LogP contribution in [0, 0.1) is 0 Å². The van der Waals surface area contributed by atoms with Gasteiger partial charge in [-0.1, -0.05) is 30.3 Å². The van der Waals surface area contributed by atoms with Crippen molar-refractivity contribution in [3.05, 3.63) is 53.6 Å². The molecule has 6 heteroatoms. The molecule has 0 saturated carbocycles. The van der Waals surface area contributed by atoms with Gasteiger partial charge in [0.1, 0.15) is 5.57 Å². The first-order valence-corrected chi connectivity index (χ1v) is 8.34. The number of methoxy groups -OCH3 is 2. The molecule has 27 heavy (non-hydrogen) atoms. The van der Waals surface area contributed by atoms with Crippen molar-refractivity contribution >= 4 is 18.0 Å². The molecule has 1 aliphatic heterocycles. The van der Waals surface area contributed by atoms with E-state index in [0.29, 0.717) is 17.1 Å². The lowest BCUT2D eigenvalue weighted by Crippen LogP contribution is -2.41. The Morgan fingerprint density at radius 2 is 1.52 bits per heavy atom. The average Bonchev–Trinajstić information content (AvgIpc) is 2.63. The van der Waals surface area contributed by atoms with Gasteiger partial charge in [-0.05, 0) is 34.9 Å². The molecule has 6 nitrogen and oxygen atoms in total. The van der Waals surface area contributed by atoms with Crippen LogP contribution in [0.5, 0.6) is 11.5 Å². The van der Waals surface area contributed by atoms with Crippen LogP contribution >= 0.6 is 0 Å². The Labute approximate surface area is 157 Å². The van der Waals surface area contributed by atoms with Gasteiger partial charge in [-0.2, -0.15) is 0 Å². The number of ether oxygens (including phenoxy) is 4. The predicted molar refractivity (Wildman–Crippen MR) is 99.2 cm³/mol. The molecule has 140 valence electrons. The van der Waals surface area contributed by atoms with E-state index in [1.807, 2.05) is 30.3 Å². The summed E-state index contributed by atoms with van der Waals surface area (Å²) in [6.45, 7) is 3.02. The molecule has 0 amide bonds. The van der Waals surface area contributed by atoms with Crippen LogP contribution in [-0.4, -0.2) is 31.9 Å². The standard InChI is InChI=1S/C21H20O6/c1-21(2)26-19(22)16(20(23)27-21)11-13-7-5-6-8-15(13)14-9-10-17(24-3)18(12-14)25-4/h5-12H,1-4H3. The smallest absolute Gasteiger partial charge is 0.348 e. The van der Waals surface area contributed by atoms with Crippen LogP contribution in [-0.2, 0) is 19.1 Å². The van der Waals surface area contributed by atoms with Gasteiger partial charge in [-0.15, -0.1) is 0 Å². The zero-order chi connectivity index (χ0) is 19.6. The van der Waals surface area contributed by atoms with Crippen molar-refractivity contribution in [1.82, 2.24) is 0 Å². The zero-order valence-corrected chi connectivity index (χ0v) is 15.6. The number of carbonyl (C=O) groups is 2. The molecule has 2 aromatic carbocycles. The second kappa shape index (κ2) is 7.15. The Kier molecular flexibility index (Phi) is 4.90. The Morgan fingerprint density at radius 1 is 0.889 bits per heavy atom. The highest BCUT2D eigenvalue weighted by Gasteiger charge is 2.38. The molecule has 1 saturated heterocycles. The quantitative estimate of drug-likeness (QED) is 0.467. The summed E-state index contributed by atoms with van der Waals surface area (Å²) >= 11 is 0. The van der Waals surface area contributed by atoms with Gasteiger partial charge in [0.2, 0.25) is 0 Å². The summed E-state index contributed by atoms with van der Waals surface area (Å²) in [6, 6.07) is 12.9. The topological polar surface area (TPSA) is 71.1 Å². The third-order valence-electron chi connectivity index (χ3n) is 4.07. The largest absolute Gasteiger partial charge is 0.493 e. The molecule has 0 spiro atoms. The van der Waals surface area contributed by atoms with E-state index in [1.165, 1.54) is 19.9 Å². The van der Waals surface area contributed by atoms with Gasteiger partial charge in [0, 0.05) is 13.8 Å². The van der Waals surface area contributed by atoms with Gasteiger partial charge < -0.3 is 18.9 Å². The maximum absolute atomic E-state index is 12.2. The van der Waals surface area contributed by atoms with E-state index >= 15 is 0 Å². The molecule has 1 fully saturated rings. The van der Waals surface area contributed by atoms with Crippen LogP contribution in [0.1, 0.15) is 19.4 Å². The Bertz CT molecular complexity index is 904. The highest BCUT2D eigenvalue weighted by Crippen LogP contribution is 2.34. The van der Waals surface area contributed by atoms with Crippen molar-refractivity contribution in [3.8, 4) is 22.6 Å². The first kappa shape index (κ1) is 18.5. The number of hydrogen-bond donors (Lipinski definition) is 0. The summed E-state index contributed by atoms with van der Waals surface area (Å²) in [6.07, 6.45) is 1.48. The van der Waals surface area contributed by atoms with Crippen LogP contribution < -0.4 is 9.47 Å². The molecule has 3 rings (SSSR count). The molecular weight excluding hydrogens is 348 g/mol. The van der Waals surface area contributed by atoms with Crippen molar-refractivity contribution in [2.24, 2.45) is 0 Å². The van der Waals surface area contributed by atoms with E-state index in [-0.39, 0.29) is 5.57 Å². The Hall–Kier alpha value is -3.28. The number of cyclic esters (lactones) is 2. The van der Waals surface area contributed by atoms with E-state index in [1.54, 1.807) is 26.4 Å². The van der Waals surface area contributed by atoms with Gasteiger partial charge in [0.15, 0.2) is 11.5 Å². The van der Waals surface area contributed by atoms with Crippen molar-refractivity contribution in [1.29, 1.82) is 0 Å². The highest BCUT2D eigenvalue weighted by molar-refractivity contribution is 6.19. The summed E-state index contributed by atoms with van der Waals surface area (Å²) in [4.78, 5) is 24.5. The SMILES string of the molecule is COc1ccc(-c2ccccc2C=C2C(=O)OC(C)(C)OC2=O)cc1OC. The molecule has 2 aromatic rings. The fraction of sp³-hybridized carbons (Fsp3) is 0.238.